The molecule has 1 fully saturated rings. The lowest BCUT2D eigenvalue weighted by Gasteiger charge is -2.21. The van der Waals surface area contributed by atoms with Gasteiger partial charge in [-0.05, 0) is 91.9 Å². The maximum Gasteiger partial charge on any atom is 0.142 e. The summed E-state index contributed by atoms with van der Waals surface area (Å²) in [6.45, 7) is 9.10. The van der Waals surface area contributed by atoms with Crippen LogP contribution in [0, 0.1) is 25.2 Å². The number of nitriles is 1. The van der Waals surface area contributed by atoms with Crippen molar-refractivity contribution < 1.29 is 19.3 Å². The molecule has 1 unspecified atom stereocenters. The topological polar surface area (TPSA) is 117 Å². The van der Waals surface area contributed by atoms with E-state index in [1.54, 1.807) is 18.5 Å². The predicted molar refractivity (Wildman–Crippen MR) is 205 cm³/mol. The van der Waals surface area contributed by atoms with Crippen LogP contribution in [0.3, 0.4) is 0 Å². The number of halogens is 1. The Morgan fingerprint density at radius 3 is 2.49 bits per heavy atom. The van der Waals surface area contributed by atoms with Crippen molar-refractivity contribution in [3.8, 4) is 34.4 Å². The summed E-state index contributed by atoms with van der Waals surface area (Å²) in [5.41, 5.74) is 8.44. The fourth-order valence-corrected chi connectivity index (χ4v) is 6.85. The number of benzene rings is 3. The van der Waals surface area contributed by atoms with Crippen LogP contribution in [-0.2, 0) is 26.3 Å². The Hall–Kier alpha value is -5.05. The van der Waals surface area contributed by atoms with Gasteiger partial charge in [-0.25, -0.2) is 0 Å². The number of pyridine rings is 1. The Kier molecular flexibility index (Phi) is 12.9. The molecule has 6 rings (SSSR count). The van der Waals surface area contributed by atoms with Crippen LogP contribution in [0.15, 0.2) is 85.3 Å². The van der Waals surface area contributed by atoms with Crippen molar-refractivity contribution in [2.24, 2.45) is 0 Å². The molecule has 3 heterocycles. The van der Waals surface area contributed by atoms with E-state index in [-0.39, 0.29) is 12.7 Å². The third-order valence-corrected chi connectivity index (χ3v) is 9.76. The van der Waals surface area contributed by atoms with Gasteiger partial charge in [0.2, 0.25) is 0 Å². The second-order valence-electron chi connectivity index (χ2n) is 13.5. The third-order valence-electron chi connectivity index (χ3n) is 9.46. The first-order valence-electron chi connectivity index (χ1n) is 17.9. The van der Waals surface area contributed by atoms with E-state index in [1.807, 2.05) is 49.5 Å². The van der Waals surface area contributed by atoms with E-state index < -0.39 is 0 Å². The van der Waals surface area contributed by atoms with E-state index in [4.69, 9.17) is 25.8 Å². The Labute approximate surface area is 316 Å². The van der Waals surface area contributed by atoms with Crippen molar-refractivity contribution in [2.75, 3.05) is 33.3 Å². The van der Waals surface area contributed by atoms with Crippen molar-refractivity contribution in [3.63, 3.8) is 0 Å². The molecule has 3 aromatic carbocycles. The molecule has 274 valence electrons. The SMILES string of the molecule is Cc1c(COc2cc(OCc3cncc(C#N)c3)c(CN(C)Cc3cccnn3)cc2Cl)cccc1-c1cccc(OCCCN2CCC(O)C2)c1C. The second kappa shape index (κ2) is 18.1. The highest BCUT2D eigenvalue weighted by Gasteiger charge is 2.20. The number of nitrogens with zero attached hydrogens (tertiary/aromatic N) is 6. The zero-order chi connectivity index (χ0) is 37.2. The van der Waals surface area contributed by atoms with Gasteiger partial charge in [-0.2, -0.15) is 15.5 Å². The van der Waals surface area contributed by atoms with Gasteiger partial charge in [0.15, 0.2) is 0 Å². The minimum absolute atomic E-state index is 0.203. The number of β-amino-alcohol motifs (C(OH)–C–C–N with tert-alkyl or cyclic N) is 1. The Morgan fingerprint density at radius 1 is 0.906 bits per heavy atom. The lowest BCUT2D eigenvalue weighted by Crippen LogP contribution is -2.24. The molecule has 5 aromatic rings. The van der Waals surface area contributed by atoms with Crippen LogP contribution in [-0.4, -0.2) is 69.5 Å². The van der Waals surface area contributed by atoms with Crippen LogP contribution in [0.5, 0.6) is 17.2 Å². The first kappa shape index (κ1) is 37.7. The summed E-state index contributed by atoms with van der Waals surface area (Å²) in [4.78, 5) is 8.58. The first-order valence-corrected chi connectivity index (χ1v) is 18.2. The summed E-state index contributed by atoms with van der Waals surface area (Å²) in [5.74, 6) is 2.00. The summed E-state index contributed by atoms with van der Waals surface area (Å²) >= 11 is 6.87. The molecule has 1 aliphatic rings. The van der Waals surface area contributed by atoms with Crippen molar-refractivity contribution >= 4 is 11.6 Å². The molecule has 10 nitrogen and oxygen atoms in total. The molecule has 0 aliphatic carbocycles. The highest BCUT2D eigenvalue weighted by atomic mass is 35.5. The van der Waals surface area contributed by atoms with Crippen LogP contribution in [0.25, 0.3) is 11.1 Å². The number of aromatic nitrogens is 3. The molecule has 1 saturated heterocycles. The zero-order valence-electron chi connectivity index (χ0n) is 30.5. The van der Waals surface area contributed by atoms with E-state index in [9.17, 15) is 10.4 Å². The molecule has 2 aromatic heterocycles. The van der Waals surface area contributed by atoms with Gasteiger partial charge in [0.25, 0.3) is 0 Å². The molecule has 1 N–H and O–H groups in total. The van der Waals surface area contributed by atoms with E-state index in [0.29, 0.717) is 48.4 Å². The van der Waals surface area contributed by atoms with Gasteiger partial charge in [0, 0.05) is 68.5 Å². The van der Waals surface area contributed by atoms with E-state index in [2.05, 4.69) is 63.1 Å². The minimum atomic E-state index is -0.203. The van der Waals surface area contributed by atoms with Crippen molar-refractivity contribution in [1.29, 1.82) is 5.26 Å². The smallest absolute Gasteiger partial charge is 0.142 e. The molecule has 0 radical (unpaired) electrons. The monoisotopic (exact) mass is 732 g/mol. The Morgan fingerprint density at radius 2 is 1.72 bits per heavy atom. The van der Waals surface area contributed by atoms with Gasteiger partial charge in [0.1, 0.15) is 36.5 Å². The molecular formula is C42H45ClN6O4. The number of likely N-dealkylation sites (tertiary alicyclic amines) is 1. The maximum absolute atomic E-state index is 9.80. The lowest BCUT2D eigenvalue weighted by atomic mass is 9.93. The van der Waals surface area contributed by atoms with Crippen molar-refractivity contribution in [2.45, 2.75) is 59.1 Å². The number of aliphatic hydroxyl groups excluding tert-OH is 1. The number of hydrogen-bond acceptors (Lipinski definition) is 10. The molecular weight excluding hydrogens is 688 g/mol. The van der Waals surface area contributed by atoms with Crippen molar-refractivity contribution in [3.05, 3.63) is 129 Å². The molecule has 0 bridgehead atoms. The molecule has 53 heavy (non-hydrogen) atoms. The number of rotatable bonds is 16. The average molecular weight is 733 g/mol. The fraction of sp³-hybridized carbons (Fsp3) is 0.333. The first-order chi connectivity index (χ1) is 25.8. The highest BCUT2D eigenvalue weighted by molar-refractivity contribution is 6.32. The molecule has 1 aliphatic heterocycles. The number of hydrogen-bond donors (Lipinski definition) is 1. The molecule has 11 heteroatoms. The predicted octanol–water partition coefficient (Wildman–Crippen LogP) is 7.31. The van der Waals surface area contributed by atoms with Crippen LogP contribution in [0.1, 0.15) is 51.9 Å². The van der Waals surface area contributed by atoms with Gasteiger partial charge in [-0.1, -0.05) is 41.9 Å². The fourth-order valence-electron chi connectivity index (χ4n) is 6.61. The van der Waals surface area contributed by atoms with Gasteiger partial charge >= 0.3 is 0 Å². The van der Waals surface area contributed by atoms with Gasteiger partial charge < -0.3 is 24.2 Å². The normalized spacial score (nSPS) is 14.3. The van der Waals surface area contributed by atoms with Crippen molar-refractivity contribution in [1.82, 2.24) is 25.0 Å². The minimum Gasteiger partial charge on any atom is -0.493 e. The van der Waals surface area contributed by atoms with Crippen LogP contribution < -0.4 is 14.2 Å². The summed E-state index contributed by atoms with van der Waals surface area (Å²) in [6.07, 6.45) is 6.43. The average Bonchev–Trinajstić information content (AvgIpc) is 3.58. The molecule has 0 spiro atoms. The highest BCUT2D eigenvalue weighted by Crippen LogP contribution is 2.37. The van der Waals surface area contributed by atoms with Gasteiger partial charge in [0.05, 0.1) is 29.0 Å². The third kappa shape index (κ3) is 10.1. The number of ether oxygens (including phenoxy) is 3. The maximum atomic E-state index is 9.80. The zero-order valence-corrected chi connectivity index (χ0v) is 31.2. The van der Waals surface area contributed by atoms with Gasteiger partial charge in [-0.15, -0.1) is 0 Å². The Balaban J connectivity index is 1.17. The van der Waals surface area contributed by atoms with Gasteiger partial charge in [-0.3, -0.25) is 9.88 Å². The van der Waals surface area contributed by atoms with Crippen LogP contribution >= 0.6 is 11.6 Å². The molecule has 0 amide bonds. The summed E-state index contributed by atoms with van der Waals surface area (Å²) in [6, 6.07) is 23.9. The van der Waals surface area contributed by atoms with Crippen LogP contribution in [0.2, 0.25) is 5.02 Å². The summed E-state index contributed by atoms with van der Waals surface area (Å²) in [5, 5.41) is 27.8. The Bertz CT molecular complexity index is 2040. The summed E-state index contributed by atoms with van der Waals surface area (Å²) in [7, 11) is 2.00. The largest absolute Gasteiger partial charge is 0.493 e. The molecule has 0 saturated carbocycles. The second-order valence-corrected chi connectivity index (χ2v) is 13.9. The lowest BCUT2D eigenvalue weighted by molar-refractivity contribution is 0.173. The van der Waals surface area contributed by atoms with E-state index >= 15 is 0 Å². The number of aliphatic hydroxyl groups is 1. The van der Waals surface area contributed by atoms with E-state index in [1.165, 1.54) is 6.20 Å². The molecule has 1 atom stereocenters. The quantitative estimate of drug-likeness (QED) is 0.104. The summed E-state index contributed by atoms with van der Waals surface area (Å²) < 4.78 is 19.0. The van der Waals surface area contributed by atoms with Crippen LogP contribution in [0.4, 0.5) is 0 Å². The van der Waals surface area contributed by atoms with E-state index in [0.717, 1.165) is 82.9 Å². The standard InChI is InChI=1S/C42H45ClN6O4/c1-29-33(8-4-10-37(29)38-11-5-12-40(30(38)2)51-17-7-15-49-16-13-36(50)26-49)28-53-42-20-41(52-27-32-18-31(21-44)22-45-23-32)34(19-39(42)43)24-48(3)25-35-9-6-14-46-47-35/h4-6,8-12,14,18-20,22-23,36,50H,7,13,15-17,24-28H2,1-3H3.